The third-order valence-electron chi connectivity index (χ3n) is 5.82. The van der Waals surface area contributed by atoms with E-state index in [1.807, 2.05) is 34.0 Å². The number of nitrogens with zero attached hydrogens (tertiary/aromatic N) is 1. The molecule has 0 spiro atoms. The standard InChI is InChI=1S/C23H34N4O5S/c1-6-14(4)18(20(28)25-16(22(30)31)11-12-33-5)26-23(32)27-17-10-8-7-9-15(17)24-21(29)19(27)13(2)3/h7-10,13-14,16,18-19H,6,11-12H2,1-5H3,(H,24,29)(H,25,28)(H,26,32)(H,30,31)/t14-,16-,18-,19-/m0/s1. The first kappa shape index (κ1) is 26.5. The van der Waals surface area contributed by atoms with Crippen molar-refractivity contribution in [2.75, 3.05) is 22.2 Å². The van der Waals surface area contributed by atoms with E-state index in [4.69, 9.17) is 0 Å². The highest BCUT2D eigenvalue weighted by Gasteiger charge is 2.40. The molecule has 0 aromatic heterocycles. The Hall–Kier alpha value is -2.75. The van der Waals surface area contributed by atoms with Gasteiger partial charge in [-0.15, -0.1) is 0 Å². The van der Waals surface area contributed by atoms with Gasteiger partial charge in [0.1, 0.15) is 18.1 Å². The molecule has 1 aromatic carbocycles. The van der Waals surface area contributed by atoms with Crippen LogP contribution in [0.5, 0.6) is 0 Å². The number of anilines is 2. The summed E-state index contributed by atoms with van der Waals surface area (Å²) in [6.45, 7) is 7.40. The normalized spacial score (nSPS) is 18.1. The summed E-state index contributed by atoms with van der Waals surface area (Å²) in [5, 5.41) is 17.7. The third-order valence-corrected chi connectivity index (χ3v) is 6.46. The highest BCUT2D eigenvalue weighted by molar-refractivity contribution is 7.98. The molecular weight excluding hydrogens is 444 g/mol. The number of fused-ring (bicyclic) bond motifs is 1. The average molecular weight is 479 g/mol. The van der Waals surface area contributed by atoms with E-state index in [2.05, 4.69) is 16.0 Å². The van der Waals surface area contributed by atoms with Crippen LogP contribution in [-0.4, -0.2) is 59.1 Å². The number of carbonyl (C=O) groups is 4. The topological polar surface area (TPSA) is 128 Å². The van der Waals surface area contributed by atoms with E-state index in [9.17, 15) is 24.3 Å². The predicted octanol–water partition coefficient (Wildman–Crippen LogP) is 2.92. The second-order valence-corrected chi connectivity index (χ2v) is 9.54. The van der Waals surface area contributed by atoms with Crippen molar-refractivity contribution in [3.05, 3.63) is 24.3 Å². The Kier molecular flexibility index (Phi) is 9.57. The van der Waals surface area contributed by atoms with Crippen molar-refractivity contribution in [2.24, 2.45) is 11.8 Å². The van der Waals surface area contributed by atoms with Crippen LogP contribution in [0.4, 0.5) is 16.2 Å². The van der Waals surface area contributed by atoms with Gasteiger partial charge in [-0.3, -0.25) is 14.5 Å². The Balaban J connectivity index is 2.32. The van der Waals surface area contributed by atoms with Crippen molar-refractivity contribution < 1.29 is 24.3 Å². The van der Waals surface area contributed by atoms with E-state index in [0.29, 0.717) is 23.5 Å². The van der Waals surface area contributed by atoms with Gasteiger partial charge in [-0.25, -0.2) is 9.59 Å². The molecule has 33 heavy (non-hydrogen) atoms. The molecule has 1 aliphatic rings. The van der Waals surface area contributed by atoms with Gasteiger partial charge in [0, 0.05) is 0 Å². The molecule has 4 N–H and O–H groups in total. The molecule has 0 radical (unpaired) electrons. The van der Waals surface area contributed by atoms with E-state index in [0.717, 1.165) is 0 Å². The minimum Gasteiger partial charge on any atom is -0.480 e. The van der Waals surface area contributed by atoms with Gasteiger partial charge < -0.3 is 21.1 Å². The highest BCUT2D eigenvalue weighted by Crippen LogP contribution is 2.34. The molecule has 0 bridgehead atoms. The number of carbonyl (C=O) groups excluding carboxylic acids is 3. The zero-order valence-corrected chi connectivity index (χ0v) is 20.6. The van der Waals surface area contributed by atoms with Crippen LogP contribution < -0.4 is 20.9 Å². The molecule has 4 amide bonds. The van der Waals surface area contributed by atoms with Gasteiger partial charge in [0.15, 0.2) is 0 Å². The lowest BCUT2D eigenvalue weighted by molar-refractivity contribution is -0.142. The molecule has 0 unspecified atom stereocenters. The van der Waals surface area contributed by atoms with Crippen molar-refractivity contribution in [1.29, 1.82) is 0 Å². The number of hydrogen-bond acceptors (Lipinski definition) is 5. The Labute approximate surface area is 199 Å². The fraction of sp³-hybridized carbons (Fsp3) is 0.565. The first-order valence-corrected chi connectivity index (χ1v) is 12.5. The fourth-order valence-corrected chi connectivity index (χ4v) is 4.23. The van der Waals surface area contributed by atoms with Crippen molar-refractivity contribution in [2.45, 2.75) is 58.7 Å². The fourth-order valence-electron chi connectivity index (χ4n) is 3.76. The Morgan fingerprint density at radius 1 is 1.18 bits per heavy atom. The highest BCUT2D eigenvalue weighted by atomic mass is 32.2. The molecule has 1 aromatic rings. The Bertz CT molecular complexity index is 878. The van der Waals surface area contributed by atoms with Gasteiger partial charge in [0.25, 0.3) is 0 Å². The Morgan fingerprint density at radius 2 is 1.85 bits per heavy atom. The lowest BCUT2D eigenvalue weighted by Gasteiger charge is -2.39. The molecule has 10 heteroatoms. The first-order chi connectivity index (χ1) is 15.6. The lowest BCUT2D eigenvalue weighted by atomic mass is 9.96. The van der Waals surface area contributed by atoms with Crippen LogP contribution in [0.15, 0.2) is 24.3 Å². The van der Waals surface area contributed by atoms with Crippen molar-refractivity contribution >= 4 is 47.0 Å². The van der Waals surface area contributed by atoms with Crippen LogP contribution in [0.1, 0.15) is 40.5 Å². The summed E-state index contributed by atoms with van der Waals surface area (Å²) in [7, 11) is 0. The van der Waals surface area contributed by atoms with Crippen molar-refractivity contribution in [3.63, 3.8) is 0 Å². The average Bonchev–Trinajstić information content (AvgIpc) is 2.77. The third kappa shape index (κ3) is 6.40. The molecule has 0 aliphatic carbocycles. The van der Waals surface area contributed by atoms with E-state index in [1.165, 1.54) is 16.7 Å². The molecule has 0 saturated heterocycles. The number of aliphatic carboxylic acids is 1. The summed E-state index contributed by atoms with van der Waals surface area (Å²) in [6, 6.07) is 3.66. The van der Waals surface area contributed by atoms with Gasteiger partial charge in [0.05, 0.1) is 11.4 Å². The zero-order chi connectivity index (χ0) is 24.7. The van der Waals surface area contributed by atoms with Gasteiger partial charge >= 0.3 is 12.0 Å². The monoisotopic (exact) mass is 478 g/mol. The van der Waals surface area contributed by atoms with Gasteiger partial charge in [-0.2, -0.15) is 11.8 Å². The summed E-state index contributed by atoms with van der Waals surface area (Å²) >= 11 is 1.49. The smallest absolute Gasteiger partial charge is 0.326 e. The van der Waals surface area contributed by atoms with E-state index in [1.54, 1.807) is 24.3 Å². The molecule has 0 fully saturated rings. The Morgan fingerprint density at radius 3 is 2.42 bits per heavy atom. The number of benzene rings is 1. The van der Waals surface area contributed by atoms with Crippen LogP contribution in [0, 0.1) is 11.8 Å². The van der Waals surface area contributed by atoms with Crippen LogP contribution in [0.3, 0.4) is 0 Å². The maximum atomic E-state index is 13.5. The summed E-state index contributed by atoms with van der Waals surface area (Å²) in [4.78, 5) is 52.3. The number of para-hydroxylation sites is 2. The number of thioether (sulfide) groups is 1. The second kappa shape index (κ2) is 11.9. The minimum atomic E-state index is -1.12. The molecule has 9 nitrogen and oxygen atoms in total. The van der Waals surface area contributed by atoms with E-state index < -0.39 is 36.0 Å². The van der Waals surface area contributed by atoms with Gasteiger partial charge in [0.2, 0.25) is 11.8 Å². The number of rotatable bonds is 10. The SMILES string of the molecule is CC[C@H](C)[C@H](NC(=O)N1c2ccccc2NC(=O)[C@@H]1C(C)C)C(=O)N[C@@H](CCSC)C(=O)O. The molecule has 1 heterocycles. The summed E-state index contributed by atoms with van der Waals surface area (Å²) in [6.07, 6.45) is 2.73. The minimum absolute atomic E-state index is 0.178. The zero-order valence-electron chi connectivity index (χ0n) is 19.8. The molecule has 2 rings (SSSR count). The van der Waals surface area contributed by atoms with E-state index in [-0.39, 0.29) is 24.2 Å². The molecule has 1 aliphatic heterocycles. The summed E-state index contributed by atoms with van der Waals surface area (Å²) in [5.41, 5.74) is 1.06. The number of hydrogen-bond donors (Lipinski definition) is 4. The van der Waals surface area contributed by atoms with Gasteiger partial charge in [-0.05, 0) is 42.4 Å². The van der Waals surface area contributed by atoms with Crippen LogP contribution in [0.25, 0.3) is 0 Å². The van der Waals surface area contributed by atoms with Crippen LogP contribution in [-0.2, 0) is 14.4 Å². The number of urea groups is 1. The quantitative estimate of drug-likeness (QED) is 0.409. The van der Waals surface area contributed by atoms with Crippen LogP contribution in [0.2, 0.25) is 0 Å². The van der Waals surface area contributed by atoms with Crippen molar-refractivity contribution in [3.8, 4) is 0 Å². The number of amides is 4. The maximum Gasteiger partial charge on any atom is 0.326 e. The largest absolute Gasteiger partial charge is 0.480 e. The molecule has 4 atom stereocenters. The predicted molar refractivity (Wildman–Crippen MR) is 131 cm³/mol. The maximum absolute atomic E-state index is 13.5. The number of carboxylic acid groups (broad SMARTS) is 1. The molecule has 182 valence electrons. The summed E-state index contributed by atoms with van der Waals surface area (Å²) < 4.78 is 0. The molecular formula is C23H34N4O5S. The lowest BCUT2D eigenvalue weighted by Crippen LogP contribution is -2.61. The van der Waals surface area contributed by atoms with Gasteiger partial charge in [-0.1, -0.05) is 46.2 Å². The van der Waals surface area contributed by atoms with E-state index >= 15 is 0 Å². The number of carboxylic acids is 1. The van der Waals surface area contributed by atoms with Crippen molar-refractivity contribution in [1.82, 2.24) is 10.6 Å². The second-order valence-electron chi connectivity index (χ2n) is 8.56. The van der Waals surface area contributed by atoms with Crippen LogP contribution >= 0.6 is 11.8 Å². The summed E-state index contributed by atoms with van der Waals surface area (Å²) in [5.74, 6) is -1.83. The molecule has 0 saturated carbocycles. The first-order valence-electron chi connectivity index (χ1n) is 11.1. The number of nitrogens with one attached hydrogen (secondary N) is 3.